The van der Waals surface area contributed by atoms with Crippen LogP contribution in [0.3, 0.4) is 0 Å². The molecule has 2 saturated heterocycles. The Morgan fingerprint density at radius 1 is 1.19 bits per heavy atom. The molecule has 3 rings (SSSR count). The number of halogens is 2. The number of rotatable bonds is 9. The van der Waals surface area contributed by atoms with E-state index in [0.717, 1.165) is 44.5 Å². The maximum Gasteiger partial charge on any atom is 0.220 e. The molecule has 2 fully saturated rings. The molecule has 0 aliphatic carbocycles. The first-order chi connectivity index (χ1) is 15.3. The molecule has 1 aromatic carbocycles. The van der Waals surface area contributed by atoms with Gasteiger partial charge in [-0.3, -0.25) is 9.69 Å². The van der Waals surface area contributed by atoms with E-state index in [1.54, 1.807) is 11.2 Å². The van der Waals surface area contributed by atoms with Gasteiger partial charge >= 0.3 is 0 Å². The monoisotopic (exact) mass is 505 g/mol. The van der Waals surface area contributed by atoms with Crippen molar-refractivity contribution in [2.75, 3.05) is 45.1 Å². The number of ether oxygens (including phenoxy) is 1. The predicted octanol–water partition coefficient (Wildman–Crippen LogP) is 3.15. The molecule has 0 unspecified atom stereocenters. The first-order valence-electron chi connectivity index (χ1n) is 11.3. The van der Waals surface area contributed by atoms with Crippen molar-refractivity contribution in [3.05, 3.63) is 33.8 Å². The van der Waals surface area contributed by atoms with E-state index in [9.17, 15) is 13.2 Å². The summed E-state index contributed by atoms with van der Waals surface area (Å²) < 4.78 is 31.3. The highest BCUT2D eigenvalue weighted by Crippen LogP contribution is 2.25. The summed E-state index contributed by atoms with van der Waals surface area (Å²) in [6, 6.07) is 5.67. The van der Waals surface area contributed by atoms with Crippen LogP contribution in [0.4, 0.5) is 0 Å². The maximum absolute atomic E-state index is 12.3. The lowest BCUT2D eigenvalue weighted by molar-refractivity contribution is -0.122. The standard InChI is InChI=1S/C22H33Cl2N3O4S/c1-2-32(29,30)27-9-7-17(8-10-27)4-6-22(28)25-14-19-16-26(11-12-31-19)15-18-3-5-20(23)21(24)13-18/h3,5,13,17,19H,2,4,6-12,14-16H2,1H3,(H,25,28)/t19-/m0/s1. The molecule has 1 aromatic rings. The summed E-state index contributed by atoms with van der Waals surface area (Å²) in [4.78, 5) is 14.6. The van der Waals surface area contributed by atoms with Gasteiger partial charge in [0.25, 0.3) is 0 Å². The highest BCUT2D eigenvalue weighted by Gasteiger charge is 2.27. The van der Waals surface area contributed by atoms with Gasteiger partial charge in [-0.15, -0.1) is 0 Å². The lowest BCUT2D eigenvalue weighted by Crippen LogP contribution is -2.47. The van der Waals surface area contributed by atoms with E-state index in [-0.39, 0.29) is 17.8 Å². The molecule has 7 nitrogen and oxygen atoms in total. The normalized spacial score (nSPS) is 21.5. The van der Waals surface area contributed by atoms with Crippen molar-refractivity contribution < 1.29 is 17.9 Å². The van der Waals surface area contributed by atoms with Crippen LogP contribution in [0.1, 0.15) is 38.2 Å². The summed E-state index contributed by atoms with van der Waals surface area (Å²) in [5.41, 5.74) is 1.10. The highest BCUT2D eigenvalue weighted by atomic mass is 35.5. The number of carbonyl (C=O) groups excluding carboxylic acids is 1. The number of nitrogens with zero attached hydrogens (tertiary/aromatic N) is 2. The van der Waals surface area contributed by atoms with Gasteiger partial charge < -0.3 is 10.1 Å². The number of amides is 1. The summed E-state index contributed by atoms with van der Waals surface area (Å²) in [6.07, 6.45) is 2.85. The number of carbonyl (C=O) groups is 1. The molecule has 2 aliphatic heterocycles. The Labute approximate surface area is 201 Å². The largest absolute Gasteiger partial charge is 0.374 e. The second-order valence-corrected chi connectivity index (χ2v) is 11.6. The van der Waals surface area contributed by atoms with Gasteiger partial charge in [-0.2, -0.15) is 0 Å². The van der Waals surface area contributed by atoms with Crippen molar-refractivity contribution in [3.63, 3.8) is 0 Å². The molecule has 1 N–H and O–H groups in total. The fourth-order valence-electron chi connectivity index (χ4n) is 4.25. The van der Waals surface area contributed by atoms with Crippen LogP contribution in [0.2, 0.25) is 10.0 Å². The number of hydrogen-bond donors (Lipinski definition) is 1. The smallest absolute Gasteiger partial charge is 0.220 e. The van der Waals surface area contributed by atoms with Crippen molar-refractivity contribution in [1.82, 2.24) is 14.5 Å². The van der Waals surface area contributed by atoms with Gasteiger partial charge in [-0.1, -0.05) is 29.3 Å². The first kappa shape index (κ1) is 25.7. The Morgan fingerprint density at radius 2 is 1.94 bits per heavy atom. The molecule has 1 atom stereocenters. The SMILES string of the molecule is CCS(=O)(=O)N1CCC(CCC(=O)NC[C@H]2CN(Cc3ccc(Cl)c(Cl)c3)CCO2)CC1. The first-order valence-corrected chi connectivity index (χ1v) is 13.7. The van der Waals surface area contributed by atoms with E-state index >= 15 is 0 Å². The number of piperidine rings is 1. The van der Waals surface area contributed by atoms with Crippen molar-refractivity contribution >= 4 is 39.1 Å². The van der Waals surface area contributed by atoms with E-state index in [2.05, 4.69) is 10.2 Å². The van der Waals surface area contributed by atoms with Gasteiger partial charge in [0, 0.05) is 45.7 Å². The summed E-state index contributed by atoms with van der Waals surface area (Å²) in [5, 5.41) is 4.10. The Balaban J connectivity index is 1.34. The van der Waals surface area contributed by atoms with Crippen LogP contribution in [-0.4, -0.2) is 74.7 Å². The number of morpholine rings is 1. The fraction of sp³-hybridized carbons (Fsp3) is 0.682. The third-order valence-corrected chi connectivity index (χ3v) is 8.87. The van der Waals surface area contributed by atoms with Crippen molar-refractivity contribution in [2.24, 2.45) is 5.92 Å². The molecule has 0 spiro atoms. The molecular formula is C22H33Cl2N3O4S. The molecule has 0 bridgehead atoms. The van der Waals surface area contributed by atoms with Crippen LogP contribution in [-0.2, 0) is 26.1 Å². The van der Waals surface area contributed by atoms with Gasteiger partial charge in [0.1, 0.15) is 0 Å². The van der Waals surface area contributed by atoms with Crippen LogP contribution in [0.5, 0.6) is 0 Å². The zero-order valence-corrected chi connectivity index (χ0v) is 20.9. The molecule has 1 amide bonds. The van der Waals surface area contributed by atoms with E-state index in [1.165, 1.54) is 0 Å². The third-order valence-electron chi connectivity index (χ3n) is 6.25. The molecule has 2 aliphatic rings. The quantitative estimate of drug-likeness (QED) is 0.557. The summed E-state index contributed by atoms with van der Waals surface area (Å²) in [5.74, 6) is 0.573. The van der Waals surface area contributed by atoms with Crippen molar-refractivity contribution in [1.29, 1.82) is 0 Å². The highest BCUT2D eigenvalue weighted by molar-refractivity contribution is 7.89. The van der Waals surface area contributed by atoms with Gasteiger partial charge in [-0.05, 0) is 49.8 Å². The summed E-state index contributed by atoms with van der Waals surface area (Å²) in [7, 11) is -3.10. The average molecular weight is 506 g/mol. The molecule has 2 heterocycles. The second-order valence-electron chi connectivity index (χ2n) is 8.56. The number of benzene rings is 1. The van der Waals surface area contributed by atoms with Crippen molar-refractivity contribution in [2.45, 2.75) is 45.3 Å². The number of nitrogens with one attached hydrogen (secondary N) is 1. The zero-order valence-electron chi connectivity index (χ0n) is 18.6. The number of sulfonamides is 1. The van der Waals surface area contributed by atoms with Crippen LogP contribution in [0, 0.1) is 5.92 Å². The molecule has 10 heteroatoms. The van der Waals surface area contributed by atoms with Crippen LogP contribution < -0.4 is 5.32 Å². The molecule has 0 radical (unpaired) electrons. The lowest BCUT2D eigenvalue weighted by atomic mass is 9.93. The Hall–Kier alpha value is -0.900. The molecule has 0 aromatic heterocycles. The Kier molecular flexibility index (Phi) is 9.64. The van der Waals surface area contributed by atoms with E-state index in [4.69, 9.17) is 27.9 Å². The van der Waals surface area contributed by atoms with E-state index < -0.39 is 10.0 Å². The molecule has 32 heavy (non-hydrogen) atoms. The van der Waals surface area contributed by atoms with Crippen LogP contribution in [0.15, 0.2) is 18.2 Å². The topological polar surface area (TPSA) is 79.0 Å². The minimum atomic E-state index is -3.10. The fourth-order valence-corrected chi connectivity index (χ4v) is 5.71. The summed E-state index contributed by atoms with van der Waals surface area (Å²) in [6.45, 7) is 6.25. The predicted molar refractivity (Wildman–Crippen MR) is 127 cm³/mol. The number of hydrogen-bond acceptors (Lipinski definition) is 5. The molecule has 0 saturated carbocycles. The molecule has 180 valence electrons. The molecular weight excluding hydrogens is 473 g/mol. The Bertz CT molecular complexity index is 876. The zero-order chi connectivity index (χ0) is 23.1. The minimum absolute atomic E-state index is 0.0267. The van der Waals surface area contributed by atoms with Gasteiger partial charge in [-0.25, -0.2) is 12.7 Å². The van der Waals surface area contributed by atoms with Crippen LogP contribution in [0.25, 0.3) is 0 Å². The van der Waals surface area contributed by atoms with Crippen molar-refractivity contribution in [3.8, 4) is 0 Å². The summed E-state index contributed by atoms with van der Waals surface area (Å²) >= 11 is 12.1. The van der Waals surface area contributed by atoms with Gasteiger partial charge in [0.05, 0.1) is 28.5 Å². The average Bonchev–Trinajstić information content (AvgIpc) is 2.79. The van der Waals surface area contributed by atoms with Crippen LogP contribution >= 0.6 is 23.2 Å². The van der Waals surface area contributed by atoms with E-state index in [0.29, 0.717) is 48.6 Å². The van der Waals surface area contributed by atoms with Gasteiger partial charge in [0.2, 0.25) is 15.9 Å². The Morgan fingerprint density at radius 3 is 2.62 bits per heavy atom. The lowest BCUT2D eigenvalue weighted by Gasteiger charge is -2.33. The second kappa shape index (κ2) is 12.0. The minimum Gasteiger partial charge on any atom is -0.374 e. The third kappa shape index (κ3) is 7.57. The van der Waals surface area contributed by atoms with Gasteiger partial charge in [0.15, 0.2) is 0 Å². The maximum atomic E-state index is 12.3. The van der Waals surface area contributed by atoms with E-state index in [1.807, 2.05) is 18.2 Å².